The highest BCUT2D eigenvalue weighted by molar-refractivity contribution is 7.11. The molecule has 0 aliphatic carbocycles. The summed E-state index contributed by atoms with van der Waals surface area (Å²) < 4.78 is 7.69. The zero-order valence-corrected chi connectivity index (χ0v) is 20.4. The highest BCUT2D eigenvalue weighted by Crippen LogP contribution is 2.35. The number of esters is 1. The number of rotatable bonds is 5. The van der Waals surface area contributed by atoms with E-state index in [2.05, 4.69) is 0 Å². The number of carbonyl (C=O) groups is 1. The highest BCUT2D eigenvalue weighted by atomic mass is 32.1. The van der Waals surface area contributed by atoms with Crippen molar-refractivity contribution in [2.24, 2.45) is 4.99 Å². The Kier molecular flexibility index (Phi) is 6.13. The molecule has 0 N–H and O–H groups in total. The number of carbonyl (C=O) groups excluding carboxylic acids is 1. The molecule has 1 aliphatic heterocycles. The standard InChI is InChI=1S/C27H22N2O3S2/c1-3-32-26(31)22-23(18-10-6-4-7-11-18)28-27-29(24(22)19-12-8-5-9-13-19)25(30)21(34-27)16-20-17(2)14-15-33-20/h4-16,24H,3H2,1-2H3/b21-16-/t24-/m0/s1. The number of fused-ring (bicyclic) bond motifs is 1. The lowest BCUT2D eigenvalue weighted by molar-refractivity contribution is -0.138. The molecule has 1 atom stereocenters. The minimum absolute atomic E-state index is 0.167. The smallest absolute Gasteiger partial charge is 0.338 e. The molecule has 34 heavy (non-hydrogen) atoms. The normalized spacial score (nSPS) is 15.7. The minimum atomic E-state index is -0.640. The van der Waals surface area contributed by atoms with E-state index in [4.69, 9.17) is 9.73 Å². The molecule has 5 rings (SSSR count). The Morgan fingerprint density at radius 3 is 2.44 bits per heavy atom. The van der Waals surface area contributed by atoms with Crippen LogP contribution in [0.2, 0.25) is 0 Å². The molecule has 7 heteroatoms. The number of aryl methyl sites for hydroxylation is 1. The largest absolute Gasteiger partial charge is 0.463 e. The van der Waals surface area contributed by atoms with Crippen molar-refractivity contribution in [1.29, 1.82) is 0 Å². The number of hydrogen-bond donors (Lipinski definition) is 0. The molecule has 2 aromatic carbocycles. The number of nitrogens with zero attached hydrogens (tertiary/aromatic N) is 2. The van der Waals surface area contributed by atoms with Crippen LogP contribution in [0.15, 0.2) is 87.5 Å². The second-order valence-electron chi connectivity index (χ2n) is 7.81. The molecule has 1 aliphatic rings. The van der Waals surface area contributed by atoms with E-state index in [-0.39, 0.29) is 12.2 Å². The fourth-order valence-electron chi connectivity index (χ4n) is 4.04. The van der Waals surface area contributed by atoms with Crippen LogP contribution in [-0.4, -0.2) is 17.1 Å². The summed E-state index contributed by atoms with van der Waals surface area (Å²) in [6.07, 6.45) is 1.92. The summed E-state index contributed by atoms with van der Waals surface area (Å²) in [5.41, 5.74) is 3.48. The molecule has 3 heterocycles. The second-order valence-corrected chi connectivity index (χ2v) is 9.77. The monoisotopic (exact) mass is 486 g/mol. The van der Waals surface area contributed by atoms with Crippen molar-refractivity contribution >= 4 is 40.4 Å². The van der Waals surface area contributed by atoms with Gasteiger partial charge in [0.15, 0.2) is 4.80 Å². The first-order valence-corrected chi connectivity index (χ1v) is 12.7. The Bertz CT molecular complexity index is 1560. The summed E-state index contributed by atoms with van der Waals surface area (Å²) in [6.45, 7) is 4.03. The van der Waals surface area contributed by atoms with E-state index in [1.54, 1.807) is 22.8 Å². The van der Waals surface area contributed by atoms with Crippen LogP contribution in [0.25, 0.3) is 11.8 Å². The van der Waals surface area contributed by atoms with Gasteiger partial charge in [-0.05, 0) is 42.5 Å². The van der Waals surface area contributed by atoms with Crippen molar-refractivity contribution < 1.29 is 9.53 Å². The van der Waals surface area contributed by atoms with E-state index in [1.807, 2.05) is 85.1 Å². The number of benzene rings is 2. The molecule has 5 nitrogen and oxygen atoms in total. The van der Waals surface area contributed by atoms with Crippen molar-refractivity contribution in [3.05, 3.63) is 119 Å². The van der Waals surface area contributed by atoms with Crippen LogP contribution in [0.3, 0.4) is 0 Å². The first-order chi connectivity index (χ1) is 16.6. The van der Waals surface area contributed by atoms with Gasteiger partial charge in [-0.25, -0.2) is 9.79 Å². The van der Waals surface area contributed by atoms with Crippen LogP contribution in [0, 0.1) is 6.92 Å². The molecule has 0 spiro atoms. The number of ether oxygens (including phenoxy) is 1. The summed E-state index contributed by atoms with van der Waals surface area (Å²) >= 11 is 2.93. The molecule has 0 unspecified atom stereocenters. The maximum atomic E-state index is 13.7. The Labute approximate surface area is 204 Å². The van der Waals surface area contributed by atoms with Crippen LogP contribution < -0.4 is 14.9 Å². The summed E-state index contributed by atoms with van der Waals surface area (Å²) in [4.78, 5) is 33.5. The number of thiazole rings is 1. The van der Waals surface area contributed by atoms with Gasteiger partial charge in [-0.1, -0.05) is 72.0 Å². The summed E-state index contributed by atoms with van der Waals surface area (Å²) in [5, 5.41) is 2.01. The zero-order chi connectivity index (χ0) is 23.7. The molecule has 0 bridgehead atoms. The molecular weight excluding hydrogens is 464 g/mol. The second kappa shape index (κ2) is 9.37. The Hall–Kier alpha value is -3.55. The topological polar surface area (TPSA) is 60.7 Å². The Morgan fingerprint density at radius 2 is 1.79 bits per heavy atom. The molecule has 2 aromatic heterocycles. The zero-order valence-electron chi connectivity index (χ0n) is 18.7. The fraction of sp³-hybridized carbons (Fsp3) is 0.148. The third-order valence-corrected chi connectivity index (χ3v) is 7.60. The van der Waals surface area contributed by atoms with Crippen molar-refractivity contribution in [2.45, 2.75) is 19.9 Å². The summed E-state index contributed by atoms with van der Waals surface area (Å²) in [6, 6.07) is 20.6. The van der Waals surface area contributed by atoms with Crippen LogP contribution >= 0.6 is 22.7 Å². The van der Waals surface area contributed by atoms with Gasteiger partial charge in [0.2, 0.25) is 0 Å². The average Bonchev–Trinajstić information content (AvgIpc) is 3.41. The van der Waals surface area contributed by atoms with Gasteiger partial charge in [-0.15, -0.1) is 11.3 Å². The number of thiophene rings is 1. The Morgan fingerprint density at radius 1 is 1.09 bits per heavy atom. The van der Waals surface area contributed by atoms with Crippen LogP contribution in [0.1, 0.15) is 34.5 Å². The average molecular weight is 487 g/mol. The van der Waals surface area contributed by atoms with E-state index < -0.39 is 12.0 Å². The van der Waals surface area contributed by atoms with Crippen molar-refractivity contribution in [2.75, 3.05) is 6.61 Å². The van der Waals surface area contributed by atoms with Gasteiger partial charge < -0.3 is 4.74 Å². The lowest BCUT2D eigenvalue weighted by Gasteiger charge is -2.25. The van der Waals surface area contributed by atoms with Gasteiger partial charge in [0, 0.05) is 10.4 Å². The molecule has 0 amide bonds. The van der Waals surface area contributed by atoms with Gasteiger partial charge in [0.1, 0.15) is 0 Å². The third-order valence-electron chi connectivity index (χ3n) is 5.65. The maximum Gasteiger partial charge on any atom is 0.338 e. The SMILES string of the molecule is CCOC(=O)C1=C(c2ccccc2)N=c2s/c(=C\c3sccc3C)c(=O)n2[C@H]1c1ccccc1. The predicted octanol–water partition coefficient (Wildman–Crippen LogP) is 4.31. The van der Waals surface area contributed by atoms with E-state index in [0.29, 0.717) is 20.6 Å². The first kappa shape index (κ1) is 22.3. The van der Waals surface area contributed by atoms with Gasteiger partial charge >= 0.3 is 5.97 Å². The number of aromatic nitrogens is 1. The maximum absolute atomic E-state index is 13.7. The minimum Gasteiger partial charge on any atom is -0.463 e. The quantitative estimate of drug-likeness (QED) is 0.395. The predicted molar refractivity (Wildman–Crippen MR) is 137 cm³/mol. The van der Waals surface area contributed by atoms with Gasteiger partial charge in [0.25, 0.3) is 5.56 Å². The third kappa shape index (κ3) is 3.97. The lowest BCUT2D eigenvalue weighted by atomic mass is 9.93. The molecule has 170 valence electrons. The Balaban J connectivity index is 1.85. The van der Waals surface area contributed by atoms with Gasteiger partial charge in [-0.3, -0.25) is 9.36 Å². The van der Waals surface area contributed by atoms with Crippen LogP contribution in [-0.2, 0) is 9.53 Å². The van der Waals surface area contributed by atoms with Gasteiger partial charge in [0.05, 0.1) is 28.5 Å². The van der Waals surface area contributed by atoms with E-state index in [9.17, 15) is 9.59 Å². The first-order valence-electron chi connectivity index (χ1n) is 11.0. The highest BCUT2D eigenvalue weighted by Gasteiger charge is 2.35. The van der Waals surface area contributed by atoms with Crippen LogP contribution in [0.4, 0.5) is 0 Å². The molecule has 0 fully saturated rings. The summed E-state index contributed by atoms with van der Waals surface area (Å²) in [7, 11) is 0. The summed E-state index contributed by atoms with van der Waals surface area (Å²) in [5.74, 6) is -0.470. The van der Waals surface area contributed by atoms with E-state index in [0.717, 1.165) is 21.6 Å². The molecular formula is C27H22N2O3S2. The number of hydrogen-bond acceptors (Lipinski definition) is 6. The fourth-order valence-corrected chi connectivity index (χ4v) is 5.96. The lowest BCUT2D eigenvalue weighted by Crippen LogP contribution is -2.39. The van der Waals surface area contributed by atoms with Crippen molar-refractivity contribution in [3.63, 3.8) is 0 Å². The molecule has 0 saturated carbocycles. The molecule has 0 radical (unpaired) electrons. The van der Waals surface area contributed by atoms with Crippen molar-refractivity contribution in [1.82, 2.24) is 4.57 Å². The molecule has 4 aromatic rings. The van der Waals surface area contributed by atoms with E-state index in [1.165, 1.54) is 11.3 Å². The van der Waals surface area contributed by atoms with E-state index >= 15 is 0 Å². The molecule has 0 saturated heterocycles. The van der Waals surface area contributed by atoms with Crippen molar-refractivity contribution in [3.8, 4) is 0 Å². The van der Waals surface area contributed by atoms with Gasteiger partial charge in [-0.2, -0.15) is 0 Å². The van der Waals surface area contributed by atoms with Crippen LogP contribution in [0.5, 0.6) is 0 Å².